The van der Waals surface area contributed by atoms with Crippen LogP contribution < -0.4 is 4.90 Å². The van der Waals surface area contributed by atoms with Crippen LogP contribution >= 0.6 is 12.2 Å². The van der Waals surface area contributed by atoms with Gasteiger partial charge >= 0.3 is 12.4 Å². The minimum atomic E-state index is -6.07. The summed E-state index contributed by atoms with van der Waals surface area (Å²) in [6.07, 6.45) is -6.71. The predicted octanol–water partition coefficient (Wildman–Crippen LogP) is 2.85. The molecule has 190 valence electrons. The highest BCUT2D eigenvalue weighted by Gasteiger charge is 2.71. The van der Waals surface area contributed by atoms with Gasteiger partial charge in [0.15, 0.2) is 0 Å². The molecule has 1 N–H and O–H groups in total. The lowest BCUT2D eigenvalue weighted by Crippen LogP contribution is -2.55. The van der Waals surface area contributed by atoms with Crippen molar-refractivity contribution in [2.45, 2.75) is 37.3 Å². The Kier molecular flexibility index (Phi) is 7.34. The number of anilines is 1. The Labute approximate surface area is 202 Å². The van der Waals surface area contributed by atoms with E-state index in [2.05, 4.69) is 21.8 Å². The van der Waals surface area contributed by atoms with Gasteiger partial charge in [-0.15, -0.1) is 5.92 Å². The molecule has 2 heterocycles. The van der Waals surface area contributed by atoms with E-state index in [1.807, 2.05) is 0 Å². The summed E-state index contributed by atoms with van der Waals surface area (Å²) in [6.45, 7) is 1.16. The molecule has 1 atom stereocenters. The maximum atomic E-state index is 13.1. The average Bonchev–Trinajstić information content (AvgIpc) is 2.77. The van der Waals surface area contributed by atoms with E-state index in [0.29, 0.717) is 6.42 Å². The van der Waals surface area contributed by atoms with Gasteiger partial charge < -0.3 is 10.0 Å². The van der Waals surface area contributed by atoms with Crippen molar-refractivity contribution in [2.24, 2.45) is 0 Å². The molecule has 0 saturated carbocycles. The first-order valence-corrected chi connectivity index (χ1v) is 11.8. The van der Waals surface area contributed by atoms with Crippen LogP contribution in [0.1, 0.15) is 18.9 Å². The second kappa shape index (κ2) is 9.49. The zero-order chi connectivity index (χ0) is 26.2. The van der Waals surface area contributed by atoms with Crippen LogP contribution in [0.5, 0.6) is 0 Å². The monoisotopic (exact) mass is 540 g/mol. The summed E-state index contributed by atoms with van der Waals surface area (Å²) in [5.74, 6) is 5.09. The molecule has 1 aliphatic carbocycles. The van der Waals surface area contributed by atoms with Crippen molar-refractivity contribution in [1.29, 1.82) is 0 Å². The van der Waals surface area contributed by atoms with Crippen LogP contribution in [0.25, 0.3) is 0 Å². The minimum Gasteiger partial charge on any atom is -0.369 e. The van der Waals surface area contributed by atoms with Gasteiger partial charge in [-0.2, -0.15) is 30.6 Å². The number of nitrogens with zero attached hydrogens (tertiary/aromatic N) is 4. The zero-order valence-corrected chi connectivity index (χ0v) is 19.6. The van der Waals surface area contributed by atoms with E-state index in [1.54, 1.807) is 12.2 Å². The van der Waals surface area contributed by atoms with Crippen molar-refractivity contribution in [3.05, 3.63) is 41.1 Å². The van der Waals surface area contributed by atoms with E-state index >= 15 is 0 Å². The summed E-state index contributed by atoms with van der Waals surface area (Å²) in [5.41, 5.74) is -6.76. The minimum absolute atomic E-state index is 0.0224. The maximum absolute atomic E-state index is 13.1. The Balaban J connectivity index is 1.90. The quantitative estimate of drug-likeness (QED) is 0.357. The van der Waals surface area contributed by atoms with Crippen LogP contribution in [0.4, 0.5) is 32.3 Å². The van der Waals surface area contributed by atoms with Crippen molar-refractivity contribution < 1.29 is 39.9 Å². The summed E-state index contributed by atoms with van der Waals surface area (Å²) >= 11 is 5.16. The molecular formula is C20H18F6N4O3S2. The molecule has 0 aromatic carbocycles. The first-order valence-electron chi connectivity index (χ1n) is 9.92. The summed E-state index contributed by atoms with van der Waals surface area (Å²) in [6, 6.07) is -0.855. The zero-order valence-electron chi connectivity index (χ0n) is 17.9. The van der Waals surface area contributed by atoms with Crippen molar-refractivity contribution in [2.75, 3.05) is 24.5 Å². The van der Waals surface area contributed by atoms with Crippen LogP contribution in [0.2, 0.25) is 0 Å². The number of piperazine rings is 1. The summed E-state index contributed by atoms with van der Waals surface area (Å²) in [4.78, 5) is 8.77. The summed E-state index contributed by atoms with van der Waals surface area (Å²) in [5, 5.41) is 9.50. The lowest BCUT2D eigenvalue weighted by molar-refractivity contribution is -0.376. The normalized spacial score (nSPS) is 20.3. The molecule has 0 bridgehead atoms. The number of halogens is 6. The Hall–Kier alpha value is -2.54. The van der Waals surface area contributed by atoms with Crippen LogP contribution in [-0.2, 0) is 15.6 Å². The SMILES string of the molecule is CC#CC1CN(S(=O)(=O)C2=CC=CCC2=S)CCN1c1ncc(C(O)(C(F)(F)F)C(F)(F)F)cn1. The first-order chi connectivity index (χ1) is 16.1. The molecule has 3 rings (SSSR count). The van der Waals surface area contributed by atoms with E-state index in [0.717, 1.165) is 4.31 Å². The molecule has 2 aliphatic rings. The van der Waals surface area contributed by atoms with Crippen molar-refractivity contribution in [1.82, 2.24) is 14.3 Å². The lowest BCUT2D eigenvalue weighted by atomic mass is 9.95. The Morgan fingerprint density at radius 2 is 1.71 bits per heavy atom. The molecule has 1 saturated heterocycles. The Morgan fingerprint density at radius 3 is 2.23 bits per heavy atom. The van der Waals surface area contributed by atoms with Gasteiger partial charge in [-0.1, -0.05) is 30.3 Å². The standard InChI is InChI=1S/C20H18F6N4O3S2/c1-2-5-14-12-29(35(32,33)16-7-4-3-6-15(16)34)8-9-30(14)17-27-10-13(11-28-17)18(31,19(21,22)23)20(24,25)26/h3-4,7,10-11,14,31H,6,8-9,12H2,1H3. The van der Waals surface area contributed by atoms with Gasteiger partial charge in [-0.25, -0.2) is 18.4 Å². The average molecular weight is 541 g/mol. The molecule has 1 aromatic heterocycles. The van der Waals surface area contributed by atoms with E-state index in [9.17, 15) is 39.9 Å². The molecule has 1 unspecified atom stereocenters. The number of alkyl halides is 6. The lowest BCUT2D eigenvalue weighted by Gasteiger charge is -2.39. The van der Waals surface area contributed by atoms with Gasteiger partial charge in [-0.3, -0.25) is 0 Å². The first kappa shape index (κ1) is 27.1. The molecule has 0 amide bonds. The molecule has 1 aromatic rings. The third-order valence-corrected chi connectivity index (χ3v) is 7.83. The Bertz CT molecular complexity index is 1200. The number of hydrogen-bond donors (Lipinski definition) is 1. The third kappa shape index (κ3) is 4.92. The van der Waals surface area contributed by atoms with Crippen LogP contribution in [0, 0.1) is 11.8 Å². The Morgan fingerprint density at radius 1 is 1.11 bits per heavy atom. The fourth-order valence-corrected chi connectivity index (χ4v) is 5.58. The fourth-order valence-electron chi connectivity index (χ4n) is 3.54. The highest BCUT2D eigenvalue weighted by molar-refractivity contribution is 7.96. The smallest absolute Gasteiger partial charge is 0.369 e. The number of thiocarbonyl (C=S) groups is 1. The fraction of sp³-hybridized carbons (Fsp3) is 0.450. The molecule has 7 nitrogen and oxygen atoms in total. The molecule has 1 fully saturated rings. The maximum Gasteiger partial charge on any atom is 0.430 e. The highest BCUT2D eigenvalue weighted by Crippen LogP contribution is 2.49. The van der Waals surface area contributed by atoms with E-state index < -0.39 is 39.6 Å². The van der Waals surface area contributed by atoms with Crippen LogP contribution in [0.15, 0.2) is 35.5 Å². The summed E-state index contributed by atoms with van der Waals surface area (Å²) < 4.78 is 106. The van der Waals surface area contributed by atoms with E-state index in [-0.39, 0.29) is 47.7 Å². The molecule has 35 heavy (non-hydrogen) atoms. The van der Waals surface area contributed by atoms with Crippen molar-refractivity contribution >= 4 is 33.1 Å². The number of hydrogen-bond acceptors (Lipinski definition) is 7. The van der Waals surface area contributed by atoms with Gasteiger partial charge in [0.25, 0.3) is 5.60 Å². The second-order valence-electron chi connectivity index (χ2n) is 7.53. The van der Waals surface area contributed by atoms with E-state index in [1.165, 1.54) is 17.9 Å². The van der Waals surface area contributed by atoms with Gasteiger partial charge in [0.2, 0.25) is 16.0 Å². The number of aromatic nitrogens is 2. The number of rotatable bonds is 4. The number of aliphatic hydroxyl groups is 1. The molecule has 15 heteroatoms. The van der Waals surface area contributed by atoms with Gasteiger partial charge in [0.1, 0.15) is 6.04 Å². The predicted molar refractivity (Wildman–Crippen MR) is 118 cm³/mol. The second-order valence-corrected chi connectivity index (χ2v) is 9.93. The topological polar surface area (TPSA) is 86.6 Å². The van der Waals surface area contributed by atoms with Crippen molar-refractivity contribution in [3.63, 3.8) is 0 Å². The van der Waals surface area contributed by atoms with Crippen molar-refractivity contribution in [3.8, 4) is 11.8 Å². The van der Waals surface area contributed by atoms with Crippen LogP contribution in [-0.4, -0.2) is 70.7 Å². The van der Waals surface area contributed by atoms with Crippen LogP contribution in [0.3, 0.4) is 0 Å². The van der Waals surface area contributed by atoms with Gasteiger partial charge in [0.05, 0.1) is 4.91 Å². The summed E-state index contributed by atoms with van der Waals surface area (Å²) in [7, 11) is -3.97. The third-order valence-electron chi connectivity index (χ3n) is 5.37. The largest absolute Gasteiger partial charge is 0.430 e. The molecule has 0 radical (unpaired) electrons. The number of allylic oxidation sites excluding steroid dienone is 4. The molecule has 1 aliphatic heterocycles. The highest BCUT2D eigenvalue weighted by atomic mass is 32.2. The van der Waals surface area contributed by atoms with E-state index in [4.69, 9.17) is 12.2 Å². The van der Waals surface area contributed by atoms with Gasteiger partial charge in [0, 0.05) is 48.9 Å². The molecular weight excluding hydrogens is 522 g/mol. The number of sulfonamides is 1. The molecule has 0 spiro atoms. The van der Waals surface area contributed by atoms with Gasteiger partial charge in [-0.05, 0) is 13.0 Å².